The molecule has 1 heterocycles. The molecule has 0 aromatic carbocycles. The lowest BCUT2D eigenvalue weighted by atomic mass is 9.96. The number of nitrogens with two attached hydrogens (primary N) is 1. The third kappa shape index (κ3) is 8.53. The van der Waals surface area contributed by atoms with E-state index in [0.29, 0.717) is 19.1 Å². The molecule has 1 amide bonds. The summed E-state index contributed by atoms with van der Waals surface area (Å²) >= 11 is 0. The maximum Gasteiger partial charge on any atom is 0.407 e. The van der Waals surface area contributed by atoms with Crippen molar-refractivity contribution in [1.82, 2.24) is 15.1 Å². The van der Waals surface area contributed by atoms with Gasteiger partial charge in [0.1, 0.15) is 5.60 Å². The first-order chi connectivity index (χ1) is 10.7. The van der Waals surface area contributed by atoms with Gasteiger partial charge in [-0.05, 0) is 73.1 Å². The molecule has 1 aliphatic heterocycles. The van der Waals surface area contributed by atoms with Crippen molar-refractivity contribution in [2.45, 2.75) is 51.7 Å². The number of likely N-dealkylation sites (tertiary alicyclic amines) is 1. The largest absolute Gasteiger partial charge is 0.444 e. The van der Waals surface area contributed by atoms with Gasteiger partial charge in [0.2, 0.25) is 0 Å². The molecule has 1 atom stereocenters. The maximum absolute atomic E-state index is 11.7. The van der Waals surface area contributed by atoms with Crippen LogP contribution in [-0.4, -0.2) is 74.4 Å². The third-order valence-electron chi connectivity index (χ3n) is 4.43. The summed E-state index contributed by atoms with van der Waals surface area (Å²) in [6.07, 6.45) is 3.01. The Labute approximate surface area is 141 Å². The van der Waals surface area contributed by atoms with Gasteiger partial charge in [0.05, 0.1) is 0 Å². The van der Waals surface area contributed by atoms with Crippen LogP contribution in [0.3, 0.4) is 0 Å². The van der Waals surface area contributed by atoms with Crippen LogP contribution in [0.5, 0.6) is 0 Å². The van der Waals surface area contributed by atoms with Crippen LogP contribution in [0.15, 0.2) is 0 Å². The van der Waals surface area contributed by atoms with E-state index < -0.39 is 5.60 Å². The van der Waals surface area contributed by atoms with Crippen molar-refractivity contribution in [3.05, 3.63) is 0 Å². The highest BCUT2D eigenvalue weighted by Crippen LogP contribution is 2.18. The number of rotatable bonds is 7. The molecule has 1 fully saturated rings. The minimum atomic E-state index is -0.456. The van der Waals surface area contributed by atoms with Gasteiger partial charge in [-0.3, -0.25) is 0 Å². The number of nitrogens with one attached hydrogen (secondary N) is 1. The Morgan fingerprint density at radius 2 is 2.00 bits per heavy atom. The highest BCUT2D eigenvalue weighted by molar-refractivity contribution is 5.67. The second kappa shape index (κ2) is 9.45. The van der Waals surface area contributed by atoms with E-state index in [1.54, 1.807) is 0 Å². The average Bonchev–Trinajstić information content (AvgIpc) is 2.44. The quantitative estimate of drug-likeness (QED) is 0.741. The highest BCUT2D eigenvalue weighted by atomic mass is 16.6. The Morgan fingerprint density at radius 1 is 1.39 bits per heavy atom. The van der Waals surface area contributed by atoms with E-state index in [-0.39, 0.29) is 6.09 Å². The van der Waals surface area contributed by atoms with Gasteiger partial charge in [0.15, 0.2) is 0 Å². The van der Waals surface area contributed by atoms with Gasteiger partial charge in [0.25, 0.3) is 0 Å². The van der Waals surface area contributed by atoms with Crippen LogP contribution in [0.1, 0.15) is 40.0 Å². The SMILES string of the molecule is CN1CCC(CN(C)C(CN)CCNC(=O)OC(C)(C)C)CC1. The smallest absolute Gasteiger partial charge is 0.407 e. The fourth-order valence-electron chi connectivity index (χ4n) is 2.97. The van der Waals surface area contributed by atoms with Crippen molar-refractivity contribution >= 4 is 6.09 Å². The standard InChI is InChI=1S/C17H36N4O2/c1-17(2,3)23-16(22)19-9-6-15(12-18)21(5)13-14-7-10-20(4)11-8-14/h14-15H,6-13,18H2,1-5H3,(H,19,22). The van der Waals surface area contributed by atoms with Crippen molar-refractivity contribution in [2.24, 2.45) is 11.7 Å². The zero-order chi connectivity index (χ0) is 17.5. The summed E-state index contributed by atoms with van der Waals surface area (Å²) in [5.41, 5.74) is 5.47. The van der Waals surface area contributed by atoms with Crippen molar-refractivity contribution < 1.29 is 9.53 Å². The topological polar surface area (TPSA) is 70.8 Å². The average molecular weight is 329 g/mol. The summed E-state index contributed by atoms with van der Waals surface area (Å²) in [5, 5.41) is 2.82. The van der Waals surface area contributed by atoms with Crippen molar-refractivity contribution in [3.63, 3.8) is 0 Å². The summed E-state index contributed by atoms with van der Waals surface area (Å²) < 4.78 is 5.25. The van der Waals surface area contributed by atoms with E-state index >= 15 is 0 Å². The van der Waals surface area contributed by atoms with Crippen LogP contribution in [0, 0.1) is 5.92 Å². The van der Waals surface area contributed by atoms with Gasteiger partial charge in [0, 0.05) is 25.7 Å². The van der Waals surface area contributed by atoms with E-state index in [9.17, 15) is 4.79 Å². The lowest BCUT2D eigenvalue weighted by molar-refractivity contribution is 0.0521. The first kappa shape index (κ1) is 20.2. The van der Waals surface area contributed by atoms with Crippen LogP contribution in [0.2, 0.25) is 0 Å². The fraction of sp³-hybridized carbons (Fsp3) is 0.941. The van der Waals surface area contributed by atoms with Gasteiger partial charge >= 0.3 is 6.09 Å². The first-order valence-electron chi connectivity index (χ1n) is 8.77. The molecule has 23 heavy (non-hydrogen) atoms. The molecule has 3 N–H and O–H groups in total. The first-order valence-corrected chi connectivity index (χ1v) is 8.77. The number of hydrogen-bond acceptors (Lipinski definition) is 5. The summed E-state index contributed by atoms with van der Waals surface area (Å²) in [6, 6.07) is 0.296. The number of carbonyl (C=O) groups is 1. The minimum Gasteiger partial charge on any atom is -0.444 e. The lowest BCUT2D eigenvalue weighted by Crippen LogP contribution is -2.44. The second-order valence-electron chi connectivity index (χ2n) is 7.79. The predicted molar refractivity (Wildman–Crippen MR) is 94.5 cm³/mol. The number of likely N-dealkylation sites (N-methyl/N-ethyl adjacent to an activating group) is 1. The number of alkyl carbamates (subject to hydrolysis) is 1. The molecule has 6 nitrogen and oxygen atoms in total. The van der Waals surface area contributed by atoms with Gasteiger partial charge in [-0.1, -0.05) is 0 Å². The summed E-state index contributed by atoms with van der Waals surface area (Å²) in [7, 11) is 4.33. The second-order valence-corrected chi connectivity index (χ2v) is 7.79. The monoisotopic (exact) mass is 328 g/mol. The molecule has 0 aliphatic carbocycles. The van der Waals surface area contributed by atoms with Crippen LogP contribution >= 0.6 is 0 Å². The van der Waals surface area contributed by atoms with Crippen LogP contribution < -0.4 is 11.1 Å². The minimum absolute atomic E-state index is 0.296. The molecular formula is C17H36N4O2. The number of carbonyl (C=O) groups excluding carboxylic acids is 1. The highest BCUT2D eigenvalue weighted by Gasteiger charge is 2.22. The Balaban J connectivity index is 2.28. The Kier molecular flexibility index (Phi) is 8.29. The lowest BCUT2D eigenvalue weighted by Gasteiger charge is -2.34. The fourth-order valence-corrected chi connectivity index (χ4v) is 2.97. The van der Waals surface area contributed by atoms with E-state index in [1.807, 2.05) is 20.8 Å². The Hall–Kier alpha value is -0.850. The molecule has 0 aromatic heterocycles. The summed E-state index contributed by atoms with van der Waals surface area (Å²) in [4.78, 5) is 16.4. The Bertz CT molecular complexity index is 349. The molecule has 1 rings (SSSR count). The van der Waals surface area contributed by atoms with E-state index in [1.165, 1.54) is 25.9 Å². The summed E-state index contributed by atoms with van der Waals surface area (Å²) in [5.74, 6) is 0.754. The van der Waals surface area contributed by atoms with Crippen molar-refractivity contribution in [2.75, 3.05) is 46.8 Å². The summed E-state index contributed by atoms with van der Waals surface area (Å²) in [6.45, 7) is 10.3. The molecule has 1 unspecified atom stereocenters. The maximum atomic E-state index is 11.7. The van der Waals surface area contributed by atoms with Gasteiger partial charge in [-0.25, -0.2) is 4.79 Å². The van der Waals surface area contributed by atoms with Crippen molar-refractivity contribution in [3.8, 4) is 0 Å². The predicted octanol–water partition coefficient (Wildman–Crippen LogP) is 1.50. The van der Waals surface area contributed by atoms with E-state index in [2.05, 4.69) is 29.2 Å². The Morgan fingerprint density at radius 3 is 2.52 bits per heavy atom. The molecular weight excluding hydrogens is 292 g/mol. The van der Waals surface area contributed by atoms with Crippen LogP contribution in [0.25, 0.3) is 0 Å². The number of amides is 1. The zero-order valence-electron chi connectivity index (χ0n) is 15.6. The number of ether oxygens (including phenoxy) is 1. The molecule has 0 bridgehead atoms. The van der Waals surface area contributed by atoms with E-state index in [0.717, 1.165) is 18.9 Å². The van der Waals surface area contributed by atoms with E-state index in [4.69, 9.17) is 10.5 Å². The van der Waals surface area contributed by atoms with Gasteiger partial charge < -0.3 is 25.6 Å². The van der Waals surface area contributed by atoms with Gasteiger partial charge in [-0.2, -0.15) is 0 Å². The number of piperidine rings is 1. The number of nitrogens with zero attached hydrogens (tertiary/aromatic N) is 2. The van der Waals surface area contributed by atoms with Crippen LogP contribution in [0.4, 0.5) is 4.79 Å². The molecule has 0 aromatic rings. The molecule has 0 radical (unpaired) electrons. The molecule has 6 heteroatoms. The third-order valence-corrected chi connectivity index (χ3v) is 4.43. The van der Waals surface area contributed by atoms with Crippen molar-refractivity contribution in [1.29, 1.82) is 0 Å². The van der Waals surface area contributed by atoms with Gasteiger partial charge in [-0.15, -0.1) is 0 Å². The molecule has 0 saturated carbocycles. The zero-order valence-corrected chi connectivity index (χ0v) is 15.6. The van der Waals surface area contributed by atoms with Crippen LogP contribution in [-0.2, 0) is 4.74 Å². The molecule has 136 valence electrons. The molecule has 0 spiro atoms. The normalized spacial score (nSPS) is 18.9. The number of hydrogen-bond donors (Lipinski definition) is 2. The molecule has 1 aliphatic rings. The molecule has 1 saturated heterocycles.